The number of amides is 1. The molecule has 1 unspecified atom stereocenters. The van der Waals surface area contributed by atoms with Crippen LogP contribution in [0.5, 0.6) is 5.75 Å². The van der Waals surface area contributed by atoms with Crippen LogP contribution in [0.25, 0.3) is 0 Å². The van der Waals surface area contributed by atoms with Gasteiger partial charge < -0.3 is 15.8 Å². The van der Waals surface area contributed by atoms with Gasteiger partial charge in [0.05, 0.1) is 13.2 Å². The Bertz CT molecular complexity index is 430. The lowest BCUT2D eigenvalue weighted by Gasteiger charge is -2.15. The number of ether oxygens (including phenoxy) is 1. The second-order valence-electron chi connectivity index (χ2n) is 5.27. The zero-order chi connectivity index (χ0) is 14.4. The lowest BCUT2D eigenvalue weighted by Crippen LogP contribution is -2.41. The van der Waals surface area contributed by atoms with Crippen molar-refractivity contribution in [1.82, 2.24) is 5.32 Å². The summed E-state index contributed by atoms with van der Waals surface area (Å²) in [4.78, 5) is 11.9. The molecule has 0 aliphatic carbocycles. The van der Waals surface area contributed by atoms with Gasteiger partial charge in [-0.2, -0.15) is 0 Å². The maximum absolute atomic E-state index is 11.9. The molecule has 4 heteroatoms. The number of benzene rings is 1. The first-order valence-corrected chi connectivity index (χ1v) is 6.60. The van der Waals surface area contributed by atoms with Gasteiger partial charge in [-0.25, -0.2) is 0 Å². The monoisotopic (exact) mass is 264 g/mol. The van der Waals surface area contributed by atoms with Crippen molar-refractivity contribution < 1.29 is 9.53 Å². The third-order valence-electron chi connectivity index (χ3n) is 2.95. The number of rotatable bonds is 6. The van der Waals surface area contributed by atoms with Crippen LogP contribution < -0.4 is 15.8 Å². The van der Waals surface area contributed by atoms with Crippen LogP contribution in [0, 0.1) is 12.8 Å². The van der Waals surface area contributed by atoms with Gasteiger partial charge in [0.1, 0.15) is 5.75 Å². The molecule has 1 amide bonds. The molecule has 0 fully saturated rings. The zero-order valence-corrected chi connectivity index (χ0v) is 12.2. The minimum atomic E-state index is -0.448. The minimum Gasteiger partial charge on any atom is -0.496 e. The Morgan fingerprint density at radius 2 is 2.11 bits per heavy atom. The van der Waals surface area contributed by atoms with Crippen LogP contribution in [0.15, 0.2) is 18.2 Å². The van der Waals surface area contributed by atoms with E-state index in [0.717, 1.165) is 16.9 Å². The van der Waals surface area contributed by atoms with Gasteiger partial charge in [-0.1, -0.05) is 31.5 Å². The number of aryl methyl sites for hydroxylation is 1. The van der Waals surface area contributed by atoms with E-state index in [4.69, 9.17) is 10.5 Å². The Balaban J connectivity index is 2.61. The summed E-state index contributed by atoms with van der Waals surface area (Å²) in [6.07, 6.45) is 0.691. The summed E-state index contributed by atoms with van der Waals surface area (Å²) in [5.41, 5.74) is 7.94. The quantitative estimate of drug-likeness (QED) is 0.826. The van der Waals surface area contributed by atoms with Crippen LogP contribution in [0.2, 0.25) is 0 Å². The lowest BCUT2D eigenvalue weighted by atomic mass is 10.0. The van der Waals surface area contributed by atoms with E-state index in [1.165, 1.54) is 0 Å². The molecule has 19 heavy (non-hydrogen) atoms. The smallest absolute Gasteiger partial charge is 0.237 e. The Kier molecular flexibility index (Phi) is 5.83. The number of methoxy groups -OCH3 is 1. The molecule has 106 valence electrons. The summed E-state index contributed by atoms with van der Waals surface area (Å²) < 4.78 is 5.28. The highest BCUT2D eigenvalue weighted by Gasteiger charge is 2.15. The number of carbonyl (C=O) groups excluding carboxylic acids is 1. The summed E-state index contributed by atoms with van der Waals surface area (Å²) in [5, 5.41) is 2.86. The van der Waals surface area contributed by atoms with Gasteiger partial charge in [0.25, 0.3) is 0 Å². The van der Waals surface area contributed by atoms with Crippen molar-refractivity contribution in [2.75, 3.05) is 7.11 Å². The zero-order valence-electron chi connectivity index (χ0n) is 12.2. The Morgan fingerprint density at radius 3 is 2.68 bits per heavy atom. The highest BCUT2D eigenvalue weighted by Crippen LogP contribution is 2.19. The van der Waals surface area contributed by atoms with Gasteiger partial charge in [0, 0.05) is 12.1 Å². The highest BCUT2D eigenvalue weighted by atomic mass is 16.5. The molecule has 0 aliphatic heterocycles. The van der Waals surface area contributed by atoms with Crippen molar-refractivity contribution in [2.24, 2.45) is 11.7 Å². The first-order valence-electron chi connectivity index (χ1n) is 6.60. The molecular weight excluding hydrogens is 240 g/mol. The van der Waals surface area contributed by atoms with Crippen LogP contribution in [0.4, 0.5) is 0 Å². The van der Waals surface area contributed by atoms with Crippen LogP contribution in [-0.2, 0) is 11.3 Å². The van der Waals surface area contributed by atoms with E-state index in [0.29, 0.717) is 18.9 Å². The van der Waals surface area contributed by atoms with Gasteiger partial charge >= 0.3 is 0 Å². The maximum atomic E-state index is 11.9. The van der Waals surface area contributed by atoms with Crippen molar-refractivity contribution >= 4 is 5.91 Å². The second kappa shape index (κ2) is 7.14. The van der Waals surface area contributed by atoms with Gasteiger partial charge in [0.2, 0.25) is 5.91 Å². The average molecular weight is 264 g/mol. The fourth-order valence-electron chi connectivity index (χ4n) is 1.97. The Hall–Kier alpha value is -1.55. The van der Waals surface area contributed by atoms with Gasteiger partial charge in [-0.3, -0.25) is 4.79 Å². The summed E-state index contributed by atoms with van der Waals surface area (Å²) >= 11 is 0. The SMILES string of the molecule is COc1ccc(C)cc1CNC(=O)C(N)CC(C)C. The number of nitrogens with one attached hydrogen (secondary N) is 1. The average Bonchev–Trinajstić information content (AvgIpc) is 2.35. The van der Waals surface area contributed by atoms with Crippen molar-refractivity contribution in [3.8, 4) is 5.75 Å². The van der Waals surface area contributed by atoms with Crippen LogP contribution in [0.1, 0.15) is 31.4 Å². The molecular formula is C15H24N2O2. The van der Waals surface area contributed by atoms with Crippen LogP contribution >= 0.6 is 0 Å². The molecule has 0 saturated heterocycles. The molecule has 0 heterocycles. The molecule has 3 N–H and O–H groups in total. The predicted octanol–water partition coefficient (Wildman–Crippen LogP) is 1.99. The fraction of sp³-hybridized carbons (Fsp3) is 0.533. The topological polar surface area (TPSA) is 64.3 Å². The fourth-order valence-corrected chi connectivity index (χ4v) is 1.97. The van der Waals surface area contributed by atoms with E-state index >= 15 is 0 Å². The van der Waals surface area contributed by atoms with Gasteiger partial charge in [-0.15, -0.1) is 0 Å². The van der Waals surface area contributed by atoms with Crippen molar-refractivity contribution in [3.63, 3.8) is 0 Å². The molecule has 0 bridgehead atoms. The summed E-state index contributed by atoms with van der Waals surface area (Å²) in [5.74, 6) is 1.08. The number of hydrogen-bond acceptors (Lipinski definition) is 3. The second-order valence-corrected chi connectivity index (χ2v) is 5.27. The van der Waals surface area contributed by atoms with E-state index in [1.807, 2.05) is 25.1 Å². The number of hydrogen-bond donors (Lipinski definition) is 2. The normalized spacial score (nSPS) is 12.3. The molecule has 0 saturated carbocycles. The van der Waals surface area contributed by atoms with E-state index < -0.39 is 6.04 Å². The standard InChI is InChI=1S/C15H24N2O2/c1-10(2)7-13(16)15(18)17-9-12-8-11(3)5-6-14(12)19-4/h5-6,8,10,13H,7,9,16H2,1-4H3,(H,17,18). The maximum Gasteiger partial charge on any atom is 0.237 e. The molecule has 0 spiro atoms. The first-order chi connectivity index (χ1) is 8.93. The molecule has 1 rings (SSSR count). The van der Waals surface area contributed by atoms with Crippen molar-refractivity contribution in [3.05, 3.63) is 29.3 Å². The summed E-state index contributed by atoms with van der Waals surface area (Å²) in [7, 11) is 1.63. The molecule has 1 aromatic carbocycles. The predicted molar refractivity (Wildman–Crippen MR) is 77.0 cm³/mol. The van der Waals surface area contributed by atoms with Crippen molar-refractivity contribution in [1.29, 1.82) is 0 Å². The number of carbonyl (C=O) groups is 1. The van der Waals surface area contributed by atoms with Crippen LogP contribution in [0.3, 0.4) is 0 Å². The molecule has 0 aliphatic rings. The van der Waals surface area contributed by atoms with E-state index in [2.05, 4.69) is 19.2 Å². The summed E-state index contributed by atoms with van der Waals surface area (Å²) in [6, 6.07) is 5.45. The van der Waals surface area contributed by atoms with Crippen LogP contribution in [-0.4, -0.2) is 19.1 Å². The third-order valence-corrected chi connectivity index (χ3v) is 2.95. The first kappa shape index (κ1) is 15.5. The van der Waals surface area contributed by atoms with E-state index in [1.54, 1.807) is 7.11 Å². The summed E-state index contributed by atoms with van der Waals surface area (Å²) in [6.45, 7) is 6.55. The van der Waals surface area contributed by atoms with Gasteiger partial charge in [-0.05, 0) is 25.3 Å². The number of nitrogens with two attached hydrogens (primary N) is 1. The molecule has 0 radical (unpaired) electrons. The largest absolute Gasteiger partial charge is 0.496 e. The molecule has 1 aromatic rings. The Labute approximate surface area is 115 Å². The third kappa shape index (κ3) is 4.91. The van der Waals surface area contributed by atoms with E-state index in [9.17, 15) is 4.79 Å². The molecule has 4 nitrogen and oxygen atoms in total. The Morgan fingerprint density at radius 1 is 1.42 bits per heavy atom. The van der Waals surface area contributed by atoms with Gasteiger partial charge in [0.15, 0.2) is 0 Å². The minimum absolute atomic E-state index is 0.114. The molecule has 0 aromatic heterocycles. The lowest BCUT2D eigenvalue weighted by molar-refractivity contribution is -0.122. The van der Waals surface area contributed by atoms with Crippen molar-refractivity contribution in [2.45, 2.75) is 39.8 Å². The highest BCUT2D eigenvalue weighted by molar-refractivity contribution is 5.81. The molecule has 1 atom stereocenters. The van der Waals surface area contributed by atoms with E-state index in [-0.39, 0.29) is 5.91 Å².